The van der Waals surface area contributed by atoms with E-state index in [9.17, 15) is 0 Å². The molecule has 3 nitrogen and oxygen atoms in total. The van der Waals surface area contributed by atoms with Crippen LogP contribution in [0.4, 0.5) is 0 Å². The van der Waals surface area contributed by atoms with E-state index in [1.165, 1.54) is 9.13 Å². The summed E-state index contributed by atoms with van der Waals surface area (Å²) in [4.78, 5) is 0. The Hall–Kier alpha value is -0.170. The van der Waals surface area contributed by atoms with Crippen molar-refractivity contribution in [1.82, 2.24) is 5.32 Å². The van der Waals surface area contributed by atoms with E-state index in [1.54, 1.807) is 0 Å². The van der Waals surface area contributed by atoms with Gasteiger partial charge in [-0.1, -0.05) is 12.1 Å². The summed E-state index contributed by atoms with van der Waals surface area (Å²) in [6.07, 6.45) is 0.471. The van der Waals surface area contributed by atoms with E-state index in [4.69, 9.17) is 9.47 Å². The quantitative estimate of drug-likeness (QED) is 0.847. The molecule has 1 fully saturated rings. The van der Waals surface area contributed by atoms with Crippen LogP contribution in [0.5, 0.6) is 0 Å². The standard InChI is InChI=1S/C13H18INO2/c1-10-6-15-7-13(17-10)9-16-8-11-2-4-12(14)5-3-11/h2-5,10,13,15H,6-9H2,1H3. The maximum absolute atomic E-state index is 5.75. The highest BCUT2D eigenvalue weighted by molar-refractivity contribution is 14.1. The van der Waals surface area contributed by atoms with Gasteiger partial charge in [0.25, 0.3) is 0 Å². The number of ether oxygens (including phenoxy) is 2. The predicted molar refractivity (Wildman–Crippen MR) is 76.0 cm³/mol. The summed E-state index contributed by atoms with van der Waals surface area (Å²) in [6, 6.07) is 8.40. The van der Waals surface area contributed by atoms with Crippen molar-refractivity contribution in [2.75, 3.05) is 19.7 Å². The van der Waals surface area contributed by atoms with Crippen LogP contribution >= 0.6 is 22.6 Å². The molecule has 0 aromatic heterocycles. The first-order valence-corrected chi connectivity index (χ1v) is 7.00. The molecular formula is C13H18INO2. The fourth-order valence-electron chi connectivity index (χ4n) is 1.86. The van der Waals surface area contributed by atoms with Crippen LogP contribution in [-0.4, -0.2) is 31.9 Å². The SMILES string of the molecule is CC1CNCC(COCc2ccc(I)cc2)O1. The van der Waals surface area contributed by atoms with Gasteiger partial charge >= 0.3 is 0 Å². The third-order valence-corrected chi connectivity index (χ3v) is 3.43. The van der Waals surface area contributed by atoms with E-state index in [1.807, 2.05) is 0 Å². The third-order valence-electron chi connectivity index (χ3n) is 2.71. The van der Waals surface area contributed by atoms with E-state index in [0.29, 0.717) is 13.2 Å². The van der Waals surface area contributed by atoms with Gasteiger partial charge in [-0.3, -0.25) is 0 Å². The Balaban J connectivity index is 1.70. The average molecular weight is 347 g/mol. The Morgan fingerprint density at radius 1 is 1.35 bits per heavy atom. The Morgan fingerprint density at radius 2 is 2.12 bits per heavy atom. The van der Waals surface area contributed by atoms with Crippen molar-refractivity contribution < 1.29 is 9.47 Å². The highest BCUT2D eigenvalue weighted by Gasteiger charge is 2.18. The van der Waals surface area contributed by atoms with Gasteiger partial charge in [0.1, 0.15) is 0 Å². The van der Waals surface area contributed by atoms with E-state index in [2.05, 4.69) is 59.1 Å². The molecule has 94 valence electrons. The number of morpholine rings is 1. The normalized spacial score (nSPS) is 24.8. The molecular weight excluding hydrogens is 329 g/mol. The molecule has 1 aromatic rings. The van der Waals surface area contributed by atoms with Gasteiger partial charge in [-0.2, -0.15) is 0 Å². The van der Waals surface area contributed by atoms with E-state index in [0.717, 1.165) is 13.1 Å². The minimum Gasteiger partial charge on any atom is -0.374 e. The number of benzene rings is 1. The zero-order valence-electron chi connectivity index (χ0n) is 9.99. The monoisotopic (exact) mass is 347 g/mol. The maximum Gasteiger partial charge on any atom is 0.0936 e. The second kappa shape index (κ2) is 6.68. The summed E-state index contributed by atoms with van der Waals surface area (Å²) in [5.74, 6) is 0. The van der Waals surface area contributed by atoms with Crippen LogP contribution in [0.2, 0.25) is 0 Å². The molecule has 2 rings (SSSR count). The molecule has 0 bridgehead atoms. The van der Waals surface area contributed by atoms with E-state index in [-0.39, 0.29) is 12.2 Å². The van der Waals surface area contributed by atoms with Gasteiger partial charge in [-0.05, 0) is 47.2 Å². The summed E-state index contributed by atoms with van der Waals surface area (Å²) in [5.41, 5.74) is 1.21. The summed E-state index contributed by atoms with van der Waals surface area (Å²) < 4.78 is 12.7. The fourth-order valence-corrected chi connectivity index (χ4v) is 2.22. The lowest BCUT2D eigenvalue weighted by molar-refractivity contribution is -0.0716. The van der Waals surface area contributed by atoms with Crippen molar-refractivity contribution in [1.29, 1.82) is 0 Å². The second-order valence-electron chi connectivity index (χ2n) is 4.37. The molecule has 1 aliphatic heterocycles. The van der Waals surface area contributed by atoms with Crippen LogP contribution in [0.3, 0.4) is 0 Å². The maximum atomic E-state index is 5.75. The van der Waals surface area contributed by atoms with Gasteiger partial charge in [0, 0.05) is 16.7 Å². The molecule has 0 amide bonds. The highest BCUT2D eigenvalue weighted by Crippen LogP contribution is 2.09. The number of hydrogen-bond acceptors (Lipinski definition) is 3. The van der Waals surface area contributed by atoms with Crippen molar-refractivity contribution in [3.8, 4) is 0 Å². The smallest absolute Gasteiger partial charge is 0.0936 e. The lowest BCUT2D eigenvalue weighted by atomic mass is 10.2. The molecule has 0 saturated carbocycles. The van der Waals surface area contributed by atoms with Gasteiger partial charge in [-0.15, -0.1) is 0 Å². The zero-order valence-corrected chi connectivity index (χ0v) is 12.1. The minimum absolute atomic E-state index is 0.183. The van der Waals surface area contributed by atoms with Gasteiger partial charge in [0.15, 0.2) is 0 Å². The van der Waals surface area contributed by atoms with Crippen molar-refractivity contribution in [2.45, 2.75) is 25.7 Å². The van der Waals surface area contributed by atoms with Gasteiger partial charge in [-0.25, -0.2) is 0 Å². The molecule has 2 unspecified atom stereocenters. The molecule has 1 heterocycles. The first-order valence-electron chi connectivity index (χ1n) is 5.92. The van der Waals surface area contributed by atoms with E-state index < -0.39 is 0 Å². The van der Waals surface area contributed by atoms with Gasteiger partial charge < -0.3 is 14.8 Å². The molecule has 2 atom stereocenters. The number of halogens is 1. The van der Waals surface area contributed by atoms with Crippen LogP contribution in [0.15, 0.2) is 24.3 Å². The van der Waals surface area contributed by atoms with Crippen molar-refractivity contribution >= 4 is 22.6 Å². The molecule has 17 heavy (non-hydrogen) atoms. The first kappa shape index (κ1) is 13.3. The van der Waals surface area contributed by atoms with Crippen LogP contribution in [0.25, 0.3) is 0 Å². The lowest BCUT2D eigenvalue weighted by Crippen LogP contribution is -2.45. The van der Waals surface area contributed by atoms with Crippen molar-refractivity contribution in [2.24, 2.45) is 0 Å². The first-order chi connectivity index (χ1) is 8.24. The lowest BCUT2D eigenvalue weighted by Gasteiger charge is -2.28. The summed E-state index contributed by atoms with van der Waals surface area (Å²) >= 11 is 2.30. The Bertz CT molecular complexity index is 342. The van der Waals surface area contributed by atoms with Crippen LogP contribution in [0, 0.1) is 3.57 Å². The summed E-state index contributed by atoms with van der Waals surface area (Å²) in [7, 11) is 0. The Morgan fingerprint density at radius 3 is 2.82 bits per heavy atom. The molecule has 4 heteroatoms. The molecule has 1 aliphatic rings. The molecule has 0 radical (unpaired) electrons. The van der Waals surface area contributed by atoms with Crippen molar-refractivity contribution in [3.05, 3.63) is 33.4 Å². The van der Waals surface area contributed by atoms with Crippen LogP contribution in [-0.2, 0) is 16.1 Å². The molecule has 0 aliphatic carbocycles. The number of rotatable bonds is 4. The van der Waals surface area contributed by atoms with E-state index >= 15 is 0 Å². The van der Waals surface area contributed by atoms with Crippen LogP contribution in [0.1, 0.15) is 12.5 Å². The molecule has 0 spiro atoms. The molecule has 1 aromatic carbocycles. The topological polar surface area (TPSA) is 30.5 Å². The number of nitrogens with one attached hydrogen (secondary N) is 1. The Labute approximate surface area is 116 Å². The fraction of sp³-hybridized carbons (Fsp3) is 0.538. The predicted octanol–water partition coefficient (Wildman–Crippen LogP) is 2.18. The average Bonchev–Trinajstić information content (AvgIpc) is 2.32. The molecule has 1 saturated heterocycles. The zero-order chi connectivity index (χ0) is 12.1. The highest BCUT2D eigenvalue weighted by atomic mass is 127. The summed E-state index contributed by atoms with van der Waals surface area (Å²) in [5, 5.41) is 3.33. The largest absolute Gasteiger partial charge is 0.374 e. The number of hydrogen-bond donors (Lipinski definition) is 1. The second-order valence-corrected chi connectivity index (χ2v) is 5.61. The molecule has 1 N–H and O–H groups in total. The van der Waals surface area contributed by atoms with Gasteiger partial charge in [0.05, 0.1) is 25.4 Å². The van der Waals surface area contributed by atoms with Gasteiger partial charge in [0.2, 0.25) is 0 Å². The summed E-state index contributed by atoms with van der Waals surface area (Å²) in [6.45, 7) is 5.22. The van der Waals surface area contributed by atoms with Crippen LogP contribution < -0.4 is 5.32 Å². The third kappa shape index (κ3) is 4.54. The minimum atomic E-state index is 0.183. The Kier molecular flexibility index (Phi) is 5.21. The van der Waals surface area contributed by atoms with Crippen molar-refractivity contribution in [3.63, 3.8) is 0 Å².